The van der Waals surface area contributed by atoms with E-state index in [0.29, 0.717) is 36.0 Å². The maximum atomic E-state index is 12.5. The molecular formula is C31H43N2O4+. The van der Waals surface area contributed by atoms with Gasteiger partial charge in [-0.05, 0) is 80.4 Å². The lowest BCUT2D eigenvalue weighted by atomic mass is 9.76. The van der Waals surface area contributed by atoms with E-state index in [1.165, 1.54) is 25.7 Å². The summed E-state index contributed by atoms with van der Waals surface area (Å²) in [6.07, 6.45) is 12.5. The van der Waals surface area contributed by atoms with Gasteiger partial charge < -0.3 is 19.3 Å². The molecule has 0 bridgehead atoms. The van der Waals surface area contributed by atoms with Crippen molar-refractivity contribution in [1.82, 2.24) is 9.80 Å². The van der Waals surface area contributed by atoms with E-state index < -0.39 is 5.60 Å². The van der Waals surface area contributed by atoms with Crippen molar-refractivity contribution in [1.29, 1.82) is 0 Å². The van der Waals surface area contributed by atoms with Crippen LogP contribution in [0.25, 0.3) is 0 Å². The summed E-state index contributed by atoms with van der Waals surface area (Å²) < 4.78 is 11.6. The fourth-order valence-corrected chi connectivity index (χ4v) is 6.57. The molecule has 6 heteroatoms. The summed E-state index contributed by atoms with van der Waals surface area (Å²) in [5, 5.41) is 0. The Hall–Kier alpha value is -2.55. The summed E-state index contributed by atoms with van der Waals surface area (Å²) in [7, 11) is 0. The Morgan fingerprint density at radius 2 is 1.84 bits per heavy atom. The summed E-state index contributed by atoms with van der Waals surface area (Å²) >= 11 is 0. The first-order chi connectivity index (χ1) is 17.9. The number of piperidine rings is 1. The Bertz CT molecular complexity index is 929. The molecule has 2 saturated heterocycles. The molecule has 2 aliphatic carbocycles. The van der Waals surface area contributed by atoms with Gasteiger partial charge in [0.25, 0.3) is 0 Å². The highest BCUT2D eigenvalue weighted by Crippen LogP contribution is 2.64. The van der Waals surface area contributed by atoms with Gasteiger partial charge in [0.1, 0.15) is 6.92 Å². The Balaban J connectivity index is 1.06. The molecule has 2 atom stereocenters. The predicted octanol–water partition coefficient (Wildman–Crippen LogP) is 5.63. The van der Waals surface area contributed by atoms with Crippen LogP contribution in [0.15, 0.2) is 12.1 Å². The first kappa shape index (κ1) is 26.1. The average Bonchev–Trinajstić information content (AvgIpc) is 3.73. The molecule has 0 spiro atoms. The number of hydrogen-bond donors (Lipinski definition) is 0. The molecule has 0 aromatic heterocycles. The van der Waals surface area contributed by atoms with Crippen molar-refractivity contribution in [3.8, 4) is 5.75 Å². The summed E-state index contributed by atoms with van der Waals surface area (Å²) in [5.74, 6) is 2.27. The SMILES string of the molecule is [CH2+]C1(OC(=O)N2CCC(C3(CCCC)CC3CCOc3c#cc(CC(=O)N4CCCC4)cc3)CC2)CC1. The normalized spacial score (nSPS) is 26.5. The van der Waals surface area contributed by atoms with Gasteiger partial charge in [-0.1, -0.05) is 25.8 Å². The molecule has 1 aromatic carbocycles. The second-order valence-corrected chi connectivity index (χ2v) is 11.9. The van der Waals surface area contributed by atoms with Crippen molar-refractivity contribution in [2.75, 3.05) is 32.8 Å². The smallest absolute Gasteiger partial charge is 0.413 e. The molecule has 5 rings (SSSR count). The van der Waals surface area contributed by atoms with Crippen LogP contribution >= 0.6 is 0 Å². The van der Waals surface area contributed by atoms with Crippen LogP contribution in [-0.2, 0) is 16.0 Å². The first-order valence-electron chi connectivity index (χ1n) is 14.6. The number of amides is 2. The number of ether oxygens (including phenoxy) is 2. The fourth-order valence-electron chi connectivity index (χ4n) is 6.57. The van der Waals surface area contributed by atoms with Crippen molar-refractivity contribution in [2.45, 2.75) is 89.6 Å². The van der Waals surface area contributed by atoms with E-state index in [4.69, 9.17) is 9.47 Å². The standard InChI is InChI=1S/C31H43N2O4/c1-3-4-14-31(25-11-19-33(20-12-25)29(35)37-30(2)15-16-30)23-26(31)13-21-36-27-9-7-24(8-10-27)22-28(34)32-17-5-6-18-32/h7,9,25-26H,2-6,11-23H2,1H3/q+1. The van der Waals surface area contributed by atoms with Crippen molar-refractivity contribution in [3.63, 3.8) is 0 Å². The van der Waals surface area contributed by atoms with Gasteiger partial charge in [-0.3, -0.25) is 4.79 Å². The van der Waals surface area contributed by atoms with Gasteiger partial charge in [0.05, 0.1) is 13.0 Å². The summed E-state index contributed by atoms with van der Waals surface area (Å²) in [5.41, 5.74) is 0.843. The number of carbonyl (C=O) groups excluding carboxylic acids is 2. The highest BCUT2D eigenvalue weighted by molar-refractivity contribution is 5.78. The molecule has 2 saturated carbocycles. The second kappa shape index (κ2) is 11.1. The lowest BCUT2D eigenvalue weighted by Gasteiger charge is -2.37. The minimum Gasteiger partial charge on any atom is -0.485 e. The minimum atomic E-state index is -0.446. The molecule has 0 N–H and O–H groups in total. The molecule has 1 aromatic rings. The van der Waals surface area contributed by atoms with E-state index in [0.717, 1.165) is 76.7 Å². The minimum absolute atomic E-state index is 0.172. The predicted molar refractivity (Wildman–Crippen MR) is 142 cm³/mol. The van der Waals surface area contributed by atoms with Crippen molar-refractivity contribution < 1.29 is 19.1 Å². The van der Waals surface area contributed by atoms with Gasteiger partial charge in [-0.25, -0.2) is 4.79 Å². The molecule has 0 radical (unpaired) electrons. The lowest BCUT2D eigenvalue weighted by molar-refractivity contribution is -0.129. The van der Waals surface area contributed by atoms with E-state index in [1.54, 1.807) is 0 Å². The molecule has 2 heterocycles. The maximum absolute atomic E-state index is 12.5. The lowest BCUT2D eigenvalue weighted by Crippen LogP contribution is -2.42. The summed E-state index contributed by atoms with van der Waals surface area (Å²) in [4.78, 5) is 28.7. The van der Waals surface area contributed by atoms with Crippen LogP contribution in [0.3, 0.4) is 0 Å². The molecule has 37 heavy (non-hydrogen) atoms. The molecule has 2 aliphatic heterocycles. The Kier molecular flexibility index (Phi) is 7.79. The topological polar surface area (TPSA) is 59.1 Å². The first-order valence-corrected chi connectivity index (χ1v) is 14.6. The van der Waals surface area contributed by atoms with Gasteiger partial charge in [-0.2, -0.15) is 0 Å². The molecule has 2 unspecified atom stereocenters. The van der Waals surface area contributed by atoms with Crippen molar-refractivity contribution in [3.05, 3.63) is 36.8 Å². The number of unbranched alkanes of at least 4 members (excludes halogenated alkanes) is 1. The third kappa shape index (κ3) is 6.30. The summed E-state index contributed by atoms with van der Waals surface area (Å²) in [6.45, 7) is 10.3. The van der Waals surface area contributed by atoms with Gasteiger partial charge >= 0.3 is 6.09 Å². The largest absolute Gasteiger partial charge is 0.485 e. The molecule has 4 aliphatic rings. The third-order valence-corrected chi connectivity index (χ3v) is 9.26. The van der Waals surface area contributed by atoms with Gasteiger partial charge in [0.2, 0.25) is 11.5 Å². The highest BCUT2D eigenvalue weighted by Gasteiger charge is 2.58. The number of likely N-dealkylation sites (tertiary alicyclic amines) is 2. The van der Waals surface area contributed by atoms with Crippen LogP contribution in [0.2, 0.25) is 0 Å². The van der Waals surface area contributed by atoms with E-state index in [9.17, 15) is 9.59 Å². The quantitative estimate of drug-likeness (QED) is 0.364. The van der Waals surface area contributed by atoms with Crippen LogP contribution < -0.4 is 4.74 Å². The van der Waals surface area contributed by atoms with E-state index >= 15 is 0 Å². The molecule has 6 nitrogen and oxygen atoms in total. The van der Waals surface area contributed by atoms with Crippen LogP contribution in [0.5, 0.6) is 5.75 Å². The zero-order valence-corrected chi connectivity index (χ0v) is 22.6. The summed E-state index contributed by atoms with van der Waals surface area (Å²) in [6, 6.07) is 10.1. The van der Waals surface area contributed by atoms with Gasteiger partial charge in [0, 0.05) is 44.6 Å². The van der Waals surface area contributed by atoms with Crippen molar-refractivity contribution >= 4 is 12.0 Å². The highest BCUT2D eigenvalue weighted by atomic mass is 16.6. The zero-order valence-electron chi connectivity index (χ0n) is 22.6. The van der Waals surface area contributed by atoms with E-state index in [2.05, 4.69) is 26.0 Å². The number of rotatable bonds is 11. The number of hydrogen-bond acceptors (Lipinski definition) is 4. The van der Waals surface area contributed by atoms with Crippen molar-refractivity contribution in [2.24, 2.45) is 17.3 Å². The zero-order chi connectivity index (χ0) is 25.9. The molecule has 200 valence electrons. The molecule has 4 fully saturated rings. The molecular weight excluding hydrogens is 464 g/mol. The Morgan fingerprint density at radius 3 is 2.49 bits per heavy atom. The Morgan fingerprint density at radius 1 is 1.08 bits per heavy atom. The van der Waals surface area contributed by atoms with E-state index in [1.807, 2.05) is 21.9 Å². The number of carbonyl (C=O) groups is 2. The van der Waals surface area contributed by atoms with Gasteiger partial charge in [-0.15, -0.1) is 0 Å². The molecule has 2 amide bonds. The van der Waals surface area contributed by atoms with E-state index in [-0.39, 0.29) is 12.0 Å². The third-order valence-electron chi connectivity index (χ3n) is 9.26. The maximum Gasteiger partial charge on any atom is 0.413 e. The Labute approximate surface area is 223 Å². The second-order valence-electron chi connectivity index (χ2n) is 11.9. The van der Waals surface area contributed by atoms with Crippen LogP contribution in [0.4, 0.5) is 4.79 Å². The average molecular weight is 508 g/mol. The van der Waals surface area contributed by atoms with Gasteiger partial charge in [0.15, 0.2) is 5.75 Å². The van der Waals surface area contributed by atoms with Crippen LogP contribution in [0.1, 0.15) is 83.1 Å². The van der Waals surface area contributed by atoms with Crippen LogP contribution in [-0.4, -0.2) is 60.2 Å². The monoisotopic (exact) mass is 507 g/mol. The number of nitrogens with zero attached hydrogens (tertiary/aromatic N) is 2. The fraction of sp³-hybridized carbons (Fsp3) is 0.710. The van der Waals surface area contributed by atoms with Crippen LogP contribution in [0, 0.1) is 36.3 Å².